The van der Waals surface area contributed by atoms with Gasteiger partial charge in [0.1, 0.15) is 12.6 Å². The van der Waals surface area contributed by atoms with Gasteiger partial charge >= 0.3 is 5.97 Å². The summed E-state index contributed by atoms with van der Waals surface area (Å²) in [5, 5.41) is 15.8. The van der Waals surface area contributed by atoms with Gasteiger partial charge in [-0.2, -0.15) is 4.68 Å². The number of carbonyl (C=O) groups excluding carboxylic acids is 1. The summed E-state index contributed by atoms with van der Waals surface area (Å²) in [4.78, 5) is 12.8. The zero-order valence-electron chi connectivity index (χ0n) is 18.1. The van der Waals surface area contributed by atoms with Gasteiger partial charge in [0.2, 0.25) is 5.95 Å². The highest BCUT2D eigenvalue weighted by atomic mass is 35.5. The normalized spacial score (nSPS) is 15.0. The third-order valence-electron chi connectivity index (χ3n) is 5.09. The van der Waals surface area contributed by atoms with Crippen LogP contribution in [0.25, 0.3) is 0 Å². The maximum atomic E-state index is 12.8. The average molecular weight is 490 g/mol. The Bertz CT molecular complexity index is 1230. The van der Waals surface area contributed by atoms with Crippen LogP contribution >= 0.6 is 23.2 Å². The lowest BCUT2D eigenvalue weighted by atomic mass is 9.95. The second kappa shape index (κ2) is 9.68. The molecule has 0 aliphatic carbocycles. The van der Waals surface area contributed by atoms with Crippen molar-refractivity contribution in [2.45, 2.75) is 26.5 Å². The van der Waals surface area contributed by atoms with Gasteiger partial charge in [0.05, 0.1) is 29.3 Å². The molecule has 11 heteroatoms. The monoisotopic (exact) mass is 489 g/mol. The van der Waals surface area contributed by atoms with E-state index in [9.17, 15) is 4.79 Å². The van der Waals surface area contributed by atoms with E-state index in [1.807, 2.05) is 12.1 Å². The molecule has 1 aliphatic heterocycles. The third kappa shape index (κ3) is 4.60. The molecule has 3 aromatic rings. The van der Waals surface area contributed by atoms with E-state index in [1.54, 1.807) is 45.2 Å². The molecule has 0 amide bonds. The van der Waals surface area contributed by atoms with Crippen molar-refractivity contribution in [2.24, 2.45) is 0 Å². The second-order valence-corrected chi connectivity index (χ2v) is 8.00. The van der Waals surface area contributed by atoms with Crippen molar-refractivity contribution in [3.63, 3.8) is 0 Å². The van der Waals surface area contributed by atoms with Gasteiger partial charge in [0, 0.05) is 5.70 Å². The first kappa shape index (κ1) is 22.9. The van der Waals surface area contributed by atoms with Crippen LogP contribution in [0.3, 0.4) is 0 Å². The summed E-state index contributed by atoms with van der Waals surface area (Å²) >= 11 is 12.1. The van der Waals surface area contributed by atoms with E-state index in [0.717, 1.165) is 11.1 Å². The predicted octanol–water partition coefficient (Wildman–Crippen LogP) is 4.42. The number of aromatic nitrogens is 4. The summed E-state index contributed by atoms with van der Waals surface area (Å²) < 4.78 is 18.3. The Morgan fingerprint density at radius 3 is 2.70 bits per heavy atom. The molecule has 0 spiro atoms. The highest BCUT2D eigenvalue weighted by Crippen LogP contribution is 2.39. The Morgan fingerprint density at radius 1 is 1.15 bits per heavy atom. The second-order valence-electron chi connectivity index (χ2n) is 7.18. The van der Waals surface area contributed by atoms with E-state index in [0.29, 0.717) is 38.8 Å². The van der Waals surface area contributed by atoms with Crippen LogP contribution in [0.15, 0.2) is 47.7 Å². The molecule has 1 aliphatic rings. The number of nitrogens with one attached hydrogen (secondary N) is 1. The smallest absolute Gasteiger partial charge is 0.338 e. The molecule has 0 fully saturated rings. The molecule has 172 valence electrons. The van der Waals surface area contributed by atoms with Gasteiger partial charge in [-0.3, -0.25) is 0 Å². The fourth-order valence-electron chi connectivity index (χ4n) is 3.56. The predicted molar refractivity (Wildman–Crippen MR) is 123 cm³/mol. The van der Waals surface area contributed by atoms with Gasteiger partial charge in [-0.05, 0) is 59.7 Å². The van der Waals surface area contributed by atoms with E-state index in [1.165, 1.54) is 4.68 Å². The number of ether oxygens (including phenoxy) is 3. The summed E-state index contributed by atoms with van der Waals surface area (Å²) in [6.07, 6.45) is 0. The topological polar surface area (TPSA) is 100 Å². The molecule has 1 atom stereocenters. The number of methoxy groups -OCH3 is 1. The Balaban J connectivity index is 1.67. The zero-order valence-corrected chi connectivity index (χ0v) is 19.6. The van der Waals surface area contributed by atoms with Gasteiger partial charge in [-0.15, -0.1) is 0 Å². The molecule has 0 bridgehead atoms. The van der Waals surface area contributed by atoms with Crippen LogP contribution in [0.2, 0.25) is 10.0 Å². The number of hydrogen-bond donors (Lipinski definition) is 1. The Labute approximate surface area is 200 Å². The summed E-state index contributed by atoms with van der Waals surface area (Å²) in [5.41, 5.74) is 2.60. The van der Waals surface area contributed by atoms with Crippen molar-refractivity contribution in [1.29, 1.82) is 0 Å². The minimum atomic E-state index is -0.603. The van der Waals surface area contributed by atoms with Crippen molar-refractivity contribution in [1.82, 2.24) is 20.2 Å². The molecule has 1 unspecified atom stereocenters. The lowest BCUT2D eigenvalue weighted by Crippen LogP contribution is -2.29. The van der Waals surface area contributed by atoms with Crippen LogP contribution < -0.4 is 14.8 Å². The minimum absolute atomic E-state index is 0.246. The molecule has 0 saturated carbocycles. The summed E-state index contributed by atoms with van der Waals surface area (Å²) in [7, 11) is 1.54. The molecule has 2 aromatic carbocycles. The number of benzene rings is 2. The first-order chi connectivity index (χ1) is 15.9. The summed E-state index contributed by atoms with van der Waals surface area (Å²) in [6.45, 7) is 4.05. The molecule has 1 aromatic heterocycles. The maximum Gasteiger partial charge on any atom is 0.338 e. The lowest BCUT2D eigenvalue weighted by molar-refractivity contribution is -0.139. The van der Waals surface area contributed by atoms with Crippen LogP contribution in [-0.4, -0.2) is 39.9 Å². The van der Waals surface area contributed by atoms with E-state index >= 15 is 0 Å². The fourth-order valence-corrected chi connectivity index (χ4v) is 3.88. The lowest BCUT2D eigenvalue weighted by Gasteiger charge is -2.27. The van der Waals surface area contributed by atoms with Crippen LogP contribution in [0.1, 0.15) is 31.0 Å². The molecule has 1 N–H and O–H groups in total. The molecule has 0 radical (unpaired) electrons. The molecule has 33 heavy (non-hydrogen) atoms. The van der Waals surface area contributed by atoms with E-state index in [-0.39, 0.29) is 13.2 Å². The first-order valence-electron chi connectivity index (χ1n) is 10.1. The van der Waals surface area contributed by atoms with E-state index in [4.69, 9.17) is 37.4 Å². The van der Waals surface area contributed by atoms with Gasteiger partial charge < -0.3 is 19.5 Å². The molecule has 4 rings (SSSR count). The van der Waals surface area contributed by atoms with Crippen molar-refractivity contribution < 1.29 is 19.0 Å². The highest BCUT2D eigenvalue weighted by molar-refractivity contribution is 6.42. The molecular weight excluding hydrogens is 469 g/mol. The van der Waals surface area contributed by atoms with Crippen LogP contribution in [0.4, 0.5) is 5.95 Å². The number of carbonyl (C=O) groups is 1. The maximum absolute atomic E-state index is 12.8. The average Bonchev–Trinajstić information content (AvgIpc) is 3.27. The number of anilines is 1. The van der Waals surface area contributed by atoms with Crippen molar-refractivity contribution in [3.05, 3.63) is 68.8 Å². The number of fused-ring (bicyclic) bond motifs is 1. The highest BCUT2D eigenvalue weighted by Gasteiger charge is 2.35. The zero-order chi connectivity index (χ0) is 23.5. The molecule has 9 nitrogen and oxygen atoms in total. The van der Waals surface area contributed by atoms with Crippen LogP contribution in [0.5, 0.6) is 11.5 Å². The quantitative estimate of drug-likeness (QED) is 0.486. The van der Waals surface area contributed by atoms with Crippen molar-refractivity contribution >= 4 is 35.1 Å². The van der Waals surface area contributed by atoms with E-state index in [2.05, 4.69) is 20.8 Å². The van der Waals surface area contributed by atoms with Gasteiger partial charge in [-0.25, -0.2) is 4.79 Å². The number of hydrogen-bond acceptors (Lipinski definition) is 8. The fraction of sp³-hybridized carbons (Fsp3) is 0.273. The van der Waals surface area contributed by atoms with Crippen molar-refractivity contribution in [3.8, 4) is 11.5 Å². The SMILES string of the molecule is CCOC(=O)C1=C(C)Nc2nnnn2C1c1ccc(OCc2ccc(Cl)c(Cl)c2)c(OC)c1. The largest absolute Gasteiger partial charge is 0.493 e. The Hall–Kier alpha value is -3.30. The van der Waals surface area contributed by atoms with Crippen LogP contribution in [0, 0.1) is 0 Å². The van der Waals surface area contributed by atoms with Gasteiger partial charge in [0.25, 0.3) is 0 Å². The summed E-state index contributed by atoms with van der Waals surface area (Å²) in [6, 6.07) is 10.1. The first-order valence-corrected chi connectivity index (χ1v) is 10.9. The summed E-state index contributed by atoms with van der Waals surface area (Å²) in [5.74, 6) is 0.982. The number of esters is 1. The number of rotatable bonds is 7. The Morgan fingerprint density at radius 2 is 1.97 bits per heavy atom. The number of nitrogens with zero attached hydrogens (tertiary/aromatic N) is 4. The van der Waals surface area contributed by atoms with Gasteiger partial charge in [0.15, 0.2) is 11.5 Å². The number of halogens is 2. The van der Waals surface area contributed by atoms with Crippen LogP contribution in [-0.2, 0) is 16.1 Å². The molecular formula is C22H21Cl2N5O4. The van der Waals surface area contributed by atoms with Gasteiger partial charge in [-0.1, -0.05) is 40.4 Å². The number of tetrazole rings is 1. The standard InChI is InChI=1S/C22H21Cl2N5O4/c1-4-32-21(30)19-12(2)25-22-26-27-28-29(22)20(19)14-6-8-17(18(10-14)31-3)33-11-13-5-7-15(23)16(24)9-13/h5-10,20H,4,11H2,1-3H3,(H,25,26,28). The minimum Gasteiger partial charge on any atom is -0.493 e. The third-order valence-corrected chi connectivity index (χ3v) is 5.83. The number of allylic oxidation sites excluding steroid dienone is 1. The molecule has 0 saturated heterocycles. The van der Waals surface area contributed by atoms with Crippen molar-refractivity contribution in [2.75, 3.05) is 19.0 Å². The Kier molecular flexibility index (Phi) is 6.71. The molecule has 2 heterocycles. The van der Waals surface area contributed by atoms with E-state index < -0.39 is 12.0 Å².